The van der Waals surface area contributed by atoms with E-state index in [1.807, 2.05) is 6.92 Å². The second-order valence-corrected chi connectivity index (χ2v) is 7.29. The number of nitrogens with one attached hydrogen (secondary N) is 2. The van der Waals surface area contributed by atoms with Crippen LogP contribution in [0.5, 0.6) is 11.5 Å². The van der Waals surface area contributed by atoms with Gasteiger partial charge in [-0.3, -0.25) is 4.79 Å². The number of amides is 1. The summed E-state index contributed by atoms with van der Waals surface area (Å²) < 4.78 is 10.8. The number of rotatable bonds is 8. The molecule has 2 aromatic carbocycles. The van der Waals surface area contributed by atoms with E-state index >= 15 is 0 Å². The Morgan fingerprint density at radius 3 is 2.39 bits per heavy atom. The maximum atomic E-state index is 12.5. The van der Waals surface area contributed by atoms with Crippen LogP contribution in [0.15, 0.2) is 42.5 Å². The van der Waals surface area contributed by atoms with Gasteiger partial charge in [-0.2, -0.15) is 0 Å². The minimum atomic E-state index is -0.122. The van der Waals surface area contributed by atoms with Crippen molar-refractivity contribution in [3.05, 3.63) is 59.2 Å². The lowest BCUT2D eigenvalue weighted by atomic mass is 10.1. The Balaban J connectivity index is 1.54. The van der Waals surface area contributed by atoms with Crippen molar-refractivity contribution in [2.45, 2.75) is 39.3 Å². The molecular formula is C23H31N2O3+. The van der Waals surface area contributed by atoms with Crippen LogP contribution in [0.4, 0.5) is 0 Å². The first kappa shape index (κ1) is 20.2. The first-order chi connectivity index (χ1) is 13.7. The van der Waals surface area contributed by atoms with Crippen LogP contribution in [0.1, 0.15) is 47.7 Å². The zero-order chi connectivity index (χ0) is 19.8. The van der Waals surface area contributed by atoms with Crippen molar-refractivity contribution in [1.82, 2.24) is 5.32 Å². The van der Waals surface area contributed by atoms with E-state index in [2.05, 4.69) is 29.6 Å². The molecule has 2 N–H and O–H groups in total. The third-order valence-corrected chi connectivity index (χ3v) is 5.22. The maximum Gasteiger partial charge on any atom is 0.251 e. The summed E-state index contributed by atoms with van der Waals surface area (Å²) in [5.74, 6) is 1.09. The Bertz CT molecular complexity index is 768. The average Bonchev–Trinajstić information content (AvgIpc) is 2.74. The van der Waals surface area contributed by atoms with Gasteiger partial charge in [0.15, 0.2) is 11.5 Å². The van der Waals surface area contributed by atoms with E-state index in [1.165, 1.54) is 37.9 Å². The van der Waals surface area contributed by atoms with Crippen molar-refractivity contribution in [2.75, 3.05) is 26.8 Å². The SMILES string of the molecule is CCOc1ccc(C(=O)NCc2ccc(C[NH+]3CCCCC3)cc2)cc1OC. The number of carbonyl (C=O) groups is 1. The molecule has 5 heteroatoms. The first-order valence-corrected chi connectivity index (χ1v) is 10.2. The summed E-state index contributed by atoms with van der Waals surface area (Å²) >= 11 is 0. The molecule has 28 heavy (non-hydrogen) atoms. The summed E-state index contributed by atoms with van der Waals surface area (Å²) in [6.07, 6.45) is 4.06. The predicted molar refractivity (Wildman–Crippen MR) is 110 cm³/mol. The lowest BCUT2D eigenvalue weighted by Crippen LogP contribution is -3.11. The molecule has 1 heterocycles. The summed E-state index contributed by atoms with van der Waals surface area (Å²) in [4.78, 5) is 14.2. The molecule has 0 bridgehead atoms. The molecule has 0 saturated carbocycles. The third-order valence-electron chi connectivity index (χ3n) is 5.22. The number of ether oxygens (including phenoxy) is 2. The van der Waals surface area contributed by atoms with Gasteiger partial charge in [0.2, 0.25) is 0 Å². The van der Waals surface area contributed by atoms with E-state index in [1.54, 1.807) is 30.2 Å². The molecule has 3 rings (SSSR count). The Hall–Kier alpha value is -2.53. The Labute approximate surface area is 167 Å². The van der Waals surface area contributed by atoms with Crippen LogP contribution in [-0.4, -0.2) is 32.7 Å². The van der Waals surface area contributed by atoms with Gasteiger partial charge >= 0.3 is 0 Å². The molecule has 2 aromatic rings. The zero-order valence-corrected chi connectivity index (χ0v) is 16.9. The molecule has 0 unspecified atom stereocenters. The predicted octanol–water partition coefficient (Wildman–Crippen LogP) is 2.59. The summed E-state index contributed by atoms with van der Waals surface area (Å²) in [5, 5.41) is 2.98. The molecule has 0 atom stereocenters. The lowest BCUT2D eigenvalue weighted by Gasteiger charge is -2.23. The highest BCUT2D eigenvalue weighted by atomic mass is 16.5. The topological polar surface area (TPSA) is 52.0 Å². The van der Waals surface area contributed by atoms with Gasteiger partial charge in [0.05, 0.1) is 26.8 Å². The Morgan fingerprint density at radius 2 is 1.71 bits per heavy atom. The van der Waals surface area contributed by atoms with Crippen molar-refractivity contribution >= 4 is 5.91 Å². The second kappa shape index (κ2) is 10.1. The fourth-order valence-corrected chi connectivity index (χ4v) is 3.66. The minimum absolute atomic E-state index is 0.122. The number of likely N-dealkylation sites (tertiary alicyclic amines) is 1. The quantitative estimate of drug-likeness (QED) is 0.737. The van der Waals surface area contributed by atoms with Gasteiger partial charge in [0.1, 0.15) is 6.54 Å². The highest BCUT2D eigenvalue weighted by Gasteiger charge is 2.14. The Kier molecular flexibility index (Phi) is 7.31. The van der Waals surface area contributed by atoms with Gasteiger partial charge in [-0.05, 0) is 49.9 Å². The fraction of sp³-hybridized carbons (Fsp3) is 0.435. The van der Waals surface area contributed by atoms with Crippen molar-refractivity contribution in [1.29, 1.82) is 0 Å². The van der Waals surface area contributed by atoms with Crippen molar-refractivity contribution < 1.29 is 19.2 Å². The summed E-state index contributed by atoms with van der Waals surface area (Å²) in [5.41, 5.74) is 3.03. The molecule has 0 aliphatic carbocycles. The van der Waals surface area contributed by atoms with Crippen LogP contribution in [0.3, 0.4) is 0 Å². The molecule has 5 nitrogen and oxygen atoms in total. The van der Waals surface area contributed by atoms with Crippen LogP contribution in [0.25, 0.3) is 0 Å². The number of quaternary nitrogens is 1. The molecule has 1 aliphatic rings. The fourth-order valence-electron chi connectivity index (χ4n) is 3.66. The van der Waals surface area contributed by atoms with Crippen LogP contribution < -0.4 is 19.7 Å². The van der Waals surface area contributed by atoms with E-state index in [4.69, 9.17) is 9.47 Å². The summed E-state index contributed by atoms with van der Waals surface area (Å²) in [6, 6.07) is 13.8. The molecule has 150 valence electrons. The van der Waals surface area contributed by atoms with E-state index in [0.717, 1.165) is 12.1 Å². The molecule has 1 saturated heterocycles. The van der Waals surface area contributed by atoms with Gasteiger partial charge in [-0.25, -0.2) is 0 Å². The van der Waals surface area contributed by atoms with Crippen LogP contribution >= 0.6 is 0 Å². The molecule has 1 fully saturated rings. The second-order valence-electron chi connectivity index (χ2n) is 7.29. The monoisotopic (exact) mass is 383 g/mol. The lowest BCUT2D eigenvalue weighted by molar-refractivity contribution is -0.918. The normalized spacial score (nSPS) is 14.5. The minimum Gasteiger partial charge on any atom is -0.493 e. The molecule has 0 spiro atoms. The van der Waals surface area contributed by atoms with Gasteiger partial charge in [-0.15, -0.1) is 0 Å². The molecule has 0 radical (unpaired) electrons. The van der Waals surface area contributed by atoms with Gasteiger partial charge in [0.25, 0.3) is 5.91 Å². The standard InChI is InChI=1S/C23H30N2O3/c1-3-28-21-12-11-20(15-22(21)27-2)23(26)24-16-18-7-9-19(10-8-18)17-25-13-5-4-6-14-25/h7-12,15H,3-6,13-14,16-17H2,1-2H3,(H,24,26)/p+1. The number of methoxy groups -OCH3 is 1. The summed E-state index contributed by atoms with van der Waals surface area (Å²) in [7, 11) is 1.58. The van der Waals surface area contributed by atoms with Crippen LogP contribution in [0, 0.1) is 0 Å². The average molecular weight is 384 g/mol. The third kappa shape index (κ3) is 5.49. The number of hydrogen-bond donors (Lipinski definition) is 2. The zero-order valence-electron chi connectivity index (χ0n) is 16.9. The van der Waals surface area contributed by atoms with Gasteiger partial charge < -0.3 is 19.7 Å². The molecule has 0 aromatic heterocycles. The molecule has 1 amide bonds. The number of hydrogen-bond acceptors (Lipinski definition) is 3. The van der Waals surface area contributed by atoms with Crippen molar-refractivity contribution in [3.63, 3.8) is 0 Å². The highest BCUT2D eigenvalue weighted by molar-refractivity contribution is 5.94. The molecule has 1 aliphatic heterocycles. The van der Waals surface area contributed by atoms with E-state index in [9.17, 15) is 4.79 Å². The number of benzene rings is 2. The van der Waals surface area contributed by atoms with E-state index < -0.39 is 0 Å². The summed E-state index contributed by atoms with van der Waals surface area (Å²) in [6.45, 7) is 6.63. The Morgan fingerprint density at radius 1 is 1.00 bits per heavy atom. The van der Waals surface area contributed by atoms with Gasteiger partial charge in [-0.1, -0.05) is 24.3 Å². The van der Waals surface area contributed by atoms with E-state index in [-0.39, 0.29) is 5.91 Å². The number of piperidine rings is 1. The van der Waals surface area contributed by atoms with Crippen molar-refractivity contribution in [3.8, 4) is 11.5 Å². The van der Waals surface area contributed by atoms with Crippen LogP contribution in [-0.2, 0) is 13.1 Å². The highest BCUT2D eigenvalue weighted by Crippen LogP contribution is 2.28. The van der Waals surface area contributed by atoms with Gasteiger partial charge in [0, 0.05) is 17.7 Å². The molecular weight excluding hydrogens is 352 g/mol. The van der Waals surface area contributed by atoms with Crippen LogP contribution in [0.2, 0.25) is 0 Å². The largest absolute Gasteiger partial charge is 0.493 e. The van der Waals surface area contributed by atoms with Crippen molar-refractivity contribution in [2.24, 2.45) is 0 Å². The smallest absolute Gasteiger partial charge is 0.251 e. The number of carbonyl (C=O) groups excluding carboxylic acids is 1. The van der Waals surface area contributed by atoms with E-state index in [0.29, 0.717) is 30.2 Å². The maximum absolute atomic E-state index is 12.5. The first-order valence-electron chi connectivity index (χ1n) is 10.2.